The molecule has 0 aromatic heterocycles. The number of nitrogens with one attached hydrogen (secondary N) is 1. The number of carbonyl (C=O) groups excluding carboxylic acids is 1. The number of amides is 1. The first-order valence-corrected chi connectivity index (χ1v) is 5.47. The molecule has 1 atom stereocenters. The number of carbonyl (C=O) groups is 1. The van der Waals surface area contributed by atoms with Gasteiger partial charge in [0.1, 0.15) is 6.23 Å². The van der Waals surface area contributed by atoms with Crippen molar-refractivity contribution in [3.05, 3.63) is 29.8 Å². The number of likely N-dealkylation sites (N-methyl/N-ethyl adjacent to an activating group) is 1. The predicted molar refractivity (Wildman–Crippen MR) is 63.8 cm³/mol. The second kappa shape index (κ2) is 5.16. The fourth-order valence-electron chi connectivity index (χ4n) is 1.80. The van der Waals surface area contributed by atoms with Gasteiger partial charge in [-0.1, -0.05) is 12.1 Å². The average molecular weight is 236 g/mol. The maximum Gasteiger partial charge on any atom is 0.411 e. The second-order valence-electron chi connectivity index (χ2n) is 3.94. The van der Waals surface area contributed by atoms with E-state index in [2.05, 4.69) is 15.0 Å². The highest BCUT2D eigenvalue weighted by Crippen LogP contribution is 2.25. The molecule has 1 aliphatic heterocycles. The summed E-state index contributed by atoms with van der Waals surface area (Å²) in [6.45, 7) is 1.69. The summed E-state index contributed by atoms with van der Waals surface area (Å²) in [6, 6.07) is 7.55. The Bertz CT molecular complexity index is 391. The first-order valence-electron chi connectivity index (χ1n) is 5.47. The van der Waals surface area contributed by atoms with Crippen LogP contribution in [0.5, 0.6) is 0 Å². The summed E-state index contributed by atoms with van der Waals surface area (Å²) >= 11 is 0. The largest absolute Gasteiger partial charge is 0.453 e. The van der Waals surface area contributed by atoms with Crippen LogP contribution in [0.1, 0.15) is 11.8 Å². The van der Waals surface area contributed by atoms with Crippen LogP contribution in [0.4, 0.5) is 10.5 Å². The molecule has 0 bridgehead atoms. The molecule has 0 aliphatic carbocycles. The SMILES string of the molecule is COC(=O)Nc1ccc(C2OCCN2C)cc1. The molecule has 1 unspecified atom stereocenters. The van der Waals surface area contributed by atoms with Crippen LogP contribution in [0.2, 0.25) is 0 Å². The van der Waals surface area contributed by atoms with Crippen LogP contribution >= 0.6 is 0 Å². The Balaban J connectivity index is 2.05. The summed E-state index contributed by atoms with van der Waals surface area (Å²) < 4.78 is 10.1. The Hall–Kier alpha value is -1.59. The zero-order chi connectivity index (χ0) is 12.3. The lowest BCUT2D eigenvalue weighted by atomic mass is 10.1. The van der Waals surface area contributed by atoms with Crippen LogP contribution in [0.3, 0.4) is 0 Å². The number of ether oxygens (including phenoxy) is 2. The zero-order valence-corrected chi connectivity index (χ0v) is 9.97. The smallest absolute Gasteiger partial charge is 0.411 e. The van der Waals surface area contributed by atoms with E-state index in [0.29, 0.717) is 5.69 Å². The summed E-state index contributed by atoms with van der Waals surface area (Å²) in [5.74, 6) is 0. The third kappa shape index (κ3) is 2.75. The topological polar surface area (TPSA) is 50.8 Å². The van der Waals surface area contributed by atoms with Crippen molar-refractivity contribution in [1.82, 2.24) is 4.90 Å². The van der Waals surface area contributed by atoms with E-state index in [9.17, 15) is 4.79 Å². The summed E-state index contributed by atoms with van der Waals surface area (Å²) in [6.07, 6.45) is -0.450. The first-order chi connectivity index (χ1) is 8.20. The van der Waals surface area contributed by atoms with Crippen molar-refractivity contribution in [1.29, 1.82) is 0 Å². The van der Waals surface area contributed by atoms with E-state index >= 15 is 0 Å². The minimum atomic E-state index is -0.466. The molecule has 1 N–H and O–H groups in total. The highest BCUT2D eigenvalue weighted by molar-refractivity contribution is 5.84. The number of rotatable bonds is 2. The van der Waals surface area contributed by atoms with Crippen LogP contribution in [0, 0.1) is 0 Å². The van der Waals surface area contributed by atoms with Gasteiger partial charge in [0.25, 0.3) is 0 Å². The number of hydrogen-bond donors (Lipinski definition) is 1. The molecule has 1 amide bonds. The summed E-state index contributed by atoms with van der Waals surface area (Å²) in [4.78, 5) is 13.1. The summed E-state index contributed by atoms with van der Waals surface area (Å²) in [5.41, 5.74) is 1.79. The molecule has 1 saturated heterocycles. The third-order valence-corrected chi connectivity index (χ3v) is 2.75. The molecular weight excluding hydrogens is 220 g/mol. The Morgan fingerprint density at radius 2 is 2.18 bits per heavy atom. The molecule has 0 spiro atoms. The van der Waals surface area contributed by atoms with E-state index in [4.69, 9.17) is 4.74 Å². The maximum absolute atomic E-state index is 11.0. The van der Waals surface area contributed by atoms with E-state index in [1.165, 1.54) is 7.11 Å². The number of nitrogens with zero attached hydrogens (tertiary/aromatic N) is 1. The van der Waals surface area contributed by atoms with E-state index in [-0.39, 0.29) is 6.23 Å². The molecule has 1 aromatic rings. The van der Waals surface area contributed by atoms with Gasteiger partial charge in [0.05, 0.1) is 13.7 Å². The average Bonchev–Trinajstić information content (AvgIpc) is 2.76. The Kier molecular flexibility index (Phi) is 3.61. The second-order valence-corrected chi connectivity index (χ2v) is 3.94. The zero-order valence-electron chi connectivity index (χ0n) is 9.97. The molecule has 5 heteroatoms. The highest BCUT2D eigenvalue weighted by atomic mass is 16.5. The van der Waals surface area contributed by atoms with Crippen LogP contribution in [0.25, 0.3) is 0 Å². The Morgan fingerprint density at radius 1 is 1.47 bits per heavy atom. The van der Waals surface area contributed by atoms with E-state index < -0.39 is 6.09 Å². The molecule has 17 heavy (non-hydrogen) atoms. The third-order valence-electron chi connectivity index (χ3n) is 2.75. The van der Waals surface area contributed by atoms with Gasteiger partial charge in [-0.25, -0.2) is 4.79 Å². The minimum Gasteiger partial charge on any atom is -0.453 e. The lowest BCUT2D eigenvalue weighted by Gasteiger charge is -2.18. The van der Waals surface area contributed by atoms with Gasteiger partial charge in [-0.15, -0.1) is 0 Å². The van der Waals surface area contributed by atoms with E-state index in [1.807, 2.05) is 31.3 Å². The van der Waals surface area contributed by atoms with Crippen molar-refractivity contribution in [3.8, 4) is 0 Å². The number of anilines is 1. The normalized spacial score (nSPS) is 20.2. The van der Waals surface area contributed by atoms with Crippen molar-refractivity contribution in [2.45, 2.75) is 6.23 Å². The maximum atomic E-state index is 11.0. The monoisotopic (exact) mass is 236 g/mol. The van der Waals surface area contributed by atoms with Gasteiger partial charge in [0.15, 0.2) is 0 Å². The Labute approximate surface area is 100 Å². The van der Waals surface area contributed by atoms with Gasteiger partial charge in [-0.2, -0.15) is 0 Å². The van der Waals surface area contributed by atoms with Crippen LogP contribution < -0.4 is 5.32 Å². The van der Waals surface area contributed by atoms with E-state index in [1.54, 1.807) is 0 Å². The lowest BCUT2D eigenvalue weighted by molar-refractivity contribution is 0.0454. The van der Waals surface area contributed by atoms with Crippen molar-refractivity contribution in [3.63, 3.8) is 0 Å². The fraction of sp³-hybridized carbons (Fsp3) is 0.417. The number of benzene rings is 1. The van der Waals surface area contributed by atoms with Gasteiger partial charge >= 0.3 is 6.09 Å². The minimum absolute atomic E-state index is 0.0159. The highest BCUT2D eigenvalue weighted by Gasteiger charge is 2.22. The van der Waals surface area contributed by atoms with Crippen LogP contribution in [-0.2, 0) is 9.47 Å². The molecule has 1 aliphatic rings. The molecule has 1 heterocycles. The standard InChI is InChI=1S/C12H16N2O3/c1-14-7-8-17-11(14)9-3-5-10(6-4-9)13-12(15)16-2/h3-6,11H,7-8H2,1-2H3,(H,13,15). The molecule has 1 aromatic carbocycles. The number of methoxy groups -OCH3 is 1. The van der Waals surface area contributed by atoms with Gasteiger partial charge in [-0.05, 0) is 24.7 Å². The summed E-state index contributed by atoms with van der Waals surface area (Å²) in [5, 5.41) is 2.61. The molecule has 5 nitrogen and oxygen atoms in total. The molecule has 1 fully saturated rings. The molecule has 0 radical (unpaired) electrons. The molecule has 0 saturated carbocycles. The van der Waals surface area contributed by atoms with Gasteiger partial charge in [-0.3, -0.25) is 10.2 Å². The van der Waals surface area contributed by atoms with Crippen LogP contribution in [-0.4, -0.2) is 38.3 Å². The lowest BCUT2D eigenvalue weighted by Crippen LogP contribution is -2.18. The molecule has 92 valence electrons. The van der Waals surface area contributed by atoms with Crippen molar-refractivity contribution < 1.29 is 14.3 Å². The van der Waals surface area contributed by atoms with Gasteiger partial charge in [0.2, 0.25) is 0 Å². The summed E-state index contributed by atoms with van der Waals surface area (Å²) in [7, 11) is 3.36. The van der Waals surface area contributed by atoms with E-state index in [0.717, 1.165) is 18.7 Å². The van der Waals surface area contributed by atoms with Gasteiger partial charge in [0, 0.05) is 12.2 Å². The van der Waals surface area contributed by atoms with Crippen molar-refractivity contribution in [2.24, 2.45) is 0 Å². The Morgan fingerprint density at radius 3 is 2.71 bits per heavy atom. The van der Waals surface area contributed by atoms with Crippen LogP contribution in [0.15, 0.2) is 24.3 Å². The quantitative estimate of drug-likeness (QED) is 0.851. The van der Waals surface area contributed by atoms with Crippen molar-refractivity contribution in [2.75, 3.05) is 32.6 Å². The first kappa shape index (κ1) is 11.9. The molecular formula is C12H16N2O3. The molecule has 2 rings (SSSR count). The predicted octanol–water partition coefficient (Wildman–Crippen LogP) is 1.83. The van der Waals surface area contributed by atoms with Crippen molar-refractivity contribution >= 4 is 11.8 Å². The fourth-order valence-corrected chi connectivity index (χ4v) is 1.80. The number of hydrogen-bond acceptors (Lipinski definition) is 4. The van der Waals surface area contributed by atoms with Gasteiger partial charge < -0.3 is 9.47 Å².